The quantitative estimate of drug-likeness (QED) is 0.363. The fourth-order valence-electron chi connectivity index (χ4n) is 3.83. The number of aryl methyl sites for hydroxylation is 2. The second kappa shape index (κ2) is 19.8. The highest BCUT2D eigenvalue weighted by atomic mass is 32.2. The molecule has 1 fully saturated rings. The van der Waals surface area contributed by atoms with Crippen molar-refractivity contribution >= 4 is 29.2 Å². The van der Waals surface area contributed by atoms with E-state index < -0.39 is 12.5 Å². The van der Waals surface area contributed by atoms with Crippen molar-refractivity contribution in [1.82, 2.24) is 4.90 Å². The van der Waals surface area contributed by atoms with Crippen LogP contribution in [0.15, 0.2) is 83.8 Å². The smallest absolute Gasteiger partial charge is 0.220 e. The van der Waals surface area contributed by atoms with Crippen LogP contribution in [0.2, 0.25) is 0 Å². The summed E-state index contributed by atoms with van der Waals surface area (Å²) in [6.07, 6.45) is 3.31. The first-order valence-corrected chi connectivity index (χ1v) is 13.9. The molecule has 1 heterocycles. The van der Waals surface area contributed by atoms with Crippen LogP contribution in [0.4, 0.5) is 4.39 Å². The van der Waals surface area contributed by atoms with Crippen molar-refractivity contribution in [2.45, 2.75) is 76.1 Å². The monoisotopic (exact) mass is 556 g/mol. The van der Waals surface area contributed by atoms with Crippen LogP contribution in [-0.4, -0.2) is 41.6 Å². The number of hydrogen-bond acceptors (Lipinski definition) is 5. The molecule has 7 heteroatoms. The lowest BCUT2D eigenvalue weighted by atomic mass is 9.99. The zero-order valence-electron chi connectivity index (χ0n) is 24.2. The standard InChI is InChI=1S/C14H14S.C9H15NO2.C7H12FNO.C2H4/c1-11-7-3-5-9-13(11)15-14-10-6-4-8-12(14)2;1-7(11)9-5-3-4-6-10(9)8(2)12;1-5(3-6(2)9)7(10)4-8;1-2/h3-10H,1-2H3;9H,3-6H2,1-2H3;5H,2-4,9H2,1H3;1-2H2. The third kappa shape index (κ3) is 14.0. The van der Waals surface area contributed by atoms with Gasteiger partial charge in [0, 0.05) is 34.9 Å². The molecule has 0 aromatic heterocycles. The zero-order chi connectivity index (χ0) is 30.0. The first-order chi connectivity index (χ1) is 18.5. The molecule has 1 amide bonds. The Hall–Kier alpha value is -3.19. The summed E-state index contributed by atoms with van der Waals surface area (Å²) in [4.78, 5) is 37.1. The predicted octanol–water partition coefficient (Wildman–Crippen LogP) is 7.26. The van der Waals surface area contributed by atoms with Crippen molar-refractivity contribution in [3.05, 3.63) is 85.1 Å². The van der Waals surface area contributed by atoms with E-state index in [-0.39, 0.29) is 23.7 Å². The van der Waals surface area contributed by atoms with Crippen LogP contribution in [0.25, 0.3) is 0 Å². The topological polar surface area (TPSA) is 80.5 Å². The number of allylic oxidation sites excluding steroid dienone is 1. The van der Waals surface area contributed by atoms with Gasteiger partial charge in [-0.15, -0.1) is 13.2 Å². The average Bonchev–Trinajstić information content (AvgIpc) is 2.92. The zero-order valence-corrected chi connectivity index (χ0v) is 25.0. The minimum atomic E-state index is -0.908. The molecule has 214 valence electrons. The number of amides is 1. The van der Waals surface area contributed by atoms with Crippen LogP contribution < -0.4 is 5.73 Å². The van der Waals surface area contributed by atoms with Gasteiger partial charge in [0.25, 0.3) is 0 Å². The minimum absolute atomic E-state index is 0.0231. The Morgan fingerprint density at radius 2 is 1.49 bits per heavy atom. The van der Waals surface area contributed by atoms with E-state index in [4.69, 9.17) is 5.73 Å². The molecule has 0 saturated carbocycles. The second-order valence-electron chi connectivity index (χ2n) is 9.33. The summed E-state index contributed by atoms with van der Waals surface area (Å²) in [5.74, 6) is -0.603. The largest absolute Gasteiger partial charge is 0.402 e. The molecular formula is C32H45FN2O3S. The number of Topliss-reactive ketones (excluding diaryl/α,β-unsaturated/α-hetero) is 2. The molecule has 2 aromatic rings. The maximum Gasteiger partial charge on any atom is 0.220 e. The lowest BCUT2D eigenvalue weighted by Crippen LogP contribution is -2.46. The SMILES string of the molecule is C=C.C=C(N)CC(C)C(=O)CF.CC(=O)C1CCCCN1C(C)=O.Cc1ccccc1Sc1ccccc1C. The van der Waals surface area contributed by atoms with E-state index in [0.29, 0.717) is 12.1 Å². The molecule has 2 aromatic carbocycles. The highest BCUT2D eigenvalue weighted by Gasteiger charge is 2.27. The highest BCUT2D eigenvalue weighted by molar-refractivity contribution is 7.99. The van der Waals surface area contributed by atoms with Gasteiger partial charge in [-0.05, 0) is 69.7 Å². The number of halogens is 1. The summed E-state index contributed by atoms with van der Waals surface area (Å²) in [7, 11) is 0. The van der Waals surface area contributed by atoms with Crippen LogP contribution in [0.3, 0.4) is 0 Å². The molecule has 1 saturated heterocycles. The number of hydrogen-bond donors (Lipinski definition) is 1. The summed E-state index contributed by atoms with van der Waals surface area (Å²) in [6.45, 7) is 18.3. The van der Waals surface area contributed by atoms with Gasteiger partial charge in [0.05, 0.1) is 6.04 Å². The second-order valence-corrected chi connectivity index (χ2v) is 10.4. The Bertz CT molecular complexity index is 1010. The molecule has 2 unspecified atom stereocenters. The summed E-state index contributed by atoms with van der Waals surface area (Å²) < 4.78 is 11.7. The fourth-order valence-corrected chi connectivity index (χ4v) is 4.82. The number of ketones is 2. The van der Waals surface area contributed by atoms with Crippen LogP contribution in [-0.2, 0) is 14.4 Å². The van der Waals surface area contributed by atoms with Gasteiger partial charge in [0.2, 0.25) is 5.91 Å². The Balaban J connectivity index is 0.000000550. The maximum atomic E-state index is 11.7. The van der Waals surface area contributed by atoms with E-state index in [9.17, 15) is 18.8 Å². The number of piperidine rings is 1. The molecule has 0 spiro atoms. The average molecular weight is 557 g/mol. The van der Waals surface area contributed by atoms with Crippen molar-refractivity contribution in [1.29, 1.82) is 0 Å². The van der Waals surface area contributed by atoms with Crippen molar-refractivity contribution < 1.29 is 18.8 Å². The molecule has 3 rings (SSSR count). The Labute approximate surface area is 238 Å². The highest BCUT2D eigenvalue weighted by Crippen LogP contribution is 2.31. The molecule has 0 bridgehead atoms. The van der Waals surface area contributed by atoms with E-state index in [1.54, 1.807) is 18.7 Å². The fraction of sp³-hybridized carbons (Fsp3) is 0.406. The van der Waals surface area contributed by atoms with E-state index >= 15 is 0 Å². The lowest BCUT2D eigenvalue weighted by Gasteiger charge is -2.33. The number of carbonyl (C=O) groups is 3. The van der Waals surface area contributed by atoms with E-state index in [1.165, 1.54) is 27.8 Å². The molecule has 39 heavy (non-hydrogen) atoms. The number of nitrogens with two attached hydrogens (primary N) is 1. The van der Waals surface area contributed by atoms with Crippen molar-refractivity contribution in [2.75, 3.05) is 13.2 Å². The first-order valence-electron chi connectivity index (χ1n) is 13.1. The van der Waals surface area contributed by atoms with Crippen LogP contribution in [0.5, 0.6) is 0 Å². The van der Waals surface area contributed by atoms with Gasteiger partial charge in [0.15, 0.2) is 11.6 Å². The third-order valence-electron chi connectivity index (χ3n) is 6.03. The van der Waals surface area contributed by atoms with Crippen LogP contribution >= 0.6 is 11.8 Å². The number of benzene rings is 2. The maximum absolute atomic E-state index is 11.7. The van der Waals surface area contributed by atoms with Gasteiger partial charge >= 0.3 is 0 Å². The molecule has 1 aliphatic rings. The molecule has 1 aliphatic heterocycles. The van der Waals surface area contributed by atoms with Gasteiger partial charge in [-0.2, -0.15) is 0 Å². The molecular weight excluding hydrogens is 511 g/mol. The summed E-state index contributed by atoms with van der Waals surface area (Å²) >= 11 is 1.84. The molecule has 5 nitrogen and oxygen atoms in total. The number of likely N-dealkylation sites (tertiary alicyclic amines) is 1. The third-order valence-corrected chi connectivity index (χ3v) is 7.39. The lowest BCUT2D eigenvalue weighted by molar-refractivity contribution is -0.138. The number of alkyl halides is 1. The van der Waals surface area contributed by atoms with Gasteiger partial charge < -0.3 is 10.6 Å². The van der Waals surface area contributed by atoms with Crippen molar-refractivity contribution in [3.63, 3.8) is 0 Å². The van der Waals surface area contributed by atoms with Gasteiger partial charge in [-0.1, -0.05) is 61.7 Å². The molecule has 2 N–H and O–H groups in total. The van der Waals surface area contributed by atoms with E-state index in [2.05, 4.69) is 82.1 Å². The summed E-state index contributed by atoms with van der Waals surface area (Å²) in [5, 5.41) is 0. The van der Waals surface area contributed by atoms with Gasteiger partial charge in [-0.3, -0.25) is 14.4 Å². The summed E-state index contributed by atoms with van der Waals surface area (Å²) in [6, 6.07) is 16.9. The Morgan fingerprint density at radius 3 is 1.85 bits per heavy atom. The Morgan fingerprint density at radius 1 is 1.00 bits per heavy atom. The number of rotatable bonds is 7. The molecule has 2 atom stereocenters. The summed E-state index contributed by atoms with van der Waals surface area (Å²) in [5.41, 5.74) is 8.32. The molecule has 0 radical (unpaired) electrons. The van der Waals surface area contributed by atoms with Crippen LogP contribution in [0.1, 0.15) is 57.6 Å². The van der Waals surface area contributed by atoms with Crippen molar-refractivity contribution in [3.8, 4) is 0 Å². The number of nitrogens with zero attached hydrogens (tertiary/aromatic N) is 1. The predicted molar refractivity (Wildman–Crippen MR) is 162 cm³/mol. The van der Waals surface area contributed by atoms with E-state index in [1.807, 2.05) is 11.8 Å². The van der Waals surface area contributed by atoms with Gasteiger partial charge in [-0.25, -0.2) is 4.39 Å². The van der Waals surface area contributed by atoms with E-state index in [0.717, 1.165) is 25.8 Å². The Kier molecular flexibility index (Phi) is 18.2. The molecule has 0 aliphatic carbocycles. The normalized spacial score (nSPS) is 14.6. The van der Waals surface area contributed by atoms with Crippen LogP contribution in [0, 0.1) is 19.8 Å². The van der Waals surface area contributed by atoms with Gasteiger partial charge in [0.1, 0.15) is 6.67 Å². The number of carbonyl (C=O) groups excluding carboxylic acids is 3. The first kappa shape index (κ1) is 35.8. The van der Waals surface area contributed by atoms with Crippen molar-refractivity contribution in [2.24, 2.45) is 11.7 Å². The minimum Gasteiger partial charge on any atom is -0.402 e.